The lowest BCUT2D eigenvalue weighted by atomic mass is 9.99. The fraction of sp³-hybridized carbons (Fsp3) is 0.778. The van der Waals surface area contributed by atoms with E-state index >= 15 is 0 Å². The zero-order valence-corrected chi connectivity index (χ0v) is 19.1. The molecule has 4 rings (SSSR count). The van der Waals surface area contributed by atoms with Gasteiger partial charge in [-0.1, -0.05) is 6.92 Å². The molecule has 3 saturated heterocycles. The van der Waals surface area contributed by atoms with Gasteiger partial charge in [0.2, 0.25) is 0 Å². The van der Waals surface area contributed by atoms with Gasteiger partial charge < -0.3 is 11.1 Å². The molecule has 3 aliphatic rings. The Hall–Kier alpha value is -0.780. The lowest BCUT2D eigenvalue weighted by molar-refractivity contribution is 0.0903. The first-order valence-corrected chi connectivity index (χ1v) is 12.4. The van der Waals surface area contributed by atoms with Crippen molar-refractivity contribution in [1.29, 1.82) is 0 Å². The number of fused-ring (bicyclic) bond motifs is 2. The number of nitrogens with zero attached hydrogens (tertiary/aromatic N) is 3. The fourth-order valence-electron chi connectivity index (χ4n) is 4.71. The second-order valence-electron chi connectivity index (χ2n) is 8.13. The van der Waals surface area contributed by atoms with E-state index in [0.717, 1.165) is 24.1 Å². The Morgan fingerprint density at radius 2 is 1.86 bits per heavy atom. The van der Waals surface area contributed by atoms with Crippen LogP contribution in [0.1, 0.15) is 60.8 Å². The van der Waals surface area contributed by atoms with Crippen LogP contribution in [0.2, 0.25) is 0 Å². The summed E-state index contributed by atoms with van der Waals surface area (Å²) in [6.45, 7) is 3.05. The van der Waals surface area contributed by atoms with E-state index in [1.165, 1.54) is 11.5 Å². The van der Waals surface area contributed by atoms with Crippen LogP contribution in [0, 0.1) is 0 Å². The van der Waals surface area contributed by atoms with Crippen molar-refractivity contribution in [1.82, 2.24) is 18.3 Å². The van der Waals surface area contributed by atoms with Crippen LogP contribution in [0.5, 0.6) is 0 Å². The molecular weight excluding hydrogens is 434 g/mol. The van der Waals surface area contributed by atoms with Crippen LogP contribution >= 0.6 is 23.9 Å². The van der Waals surface area contributed by atoms with Crippen molar-refractivity contribution in [3.63, 3.8) is 0 Å². The molecule has 11 heteroatoms. The maximum Gasteiger partial charge on any atom is 0.282 e. The van der Waals surface area contributed by atoms with Crippen LogP contribution in [0.25, 0.3) is 0 Å². The average molecular weight is 464 g/mol. The smallest absolute Gasteiger partial charge is 0.282 e. The minimum absolute atomic E-state index is 0. The van der Waals surface area contributed by atoms with Gasteiger partial charge >= 0.3 is 0 Å². The Balaban J connectivity index is 0.00000240. The highest BCUT2D eigenvalue weighted by atomic mass is 35.5. The SMILES string of the molecule is CCc1cc(C(=O)N[C@@H]2C[C@H]3CC[C@@H](C2)N3S(=O)(=O)N2CCC(N)CC2)ns1.Cl. The van der Waals surface area contributed by atoms with E-state index in [9.17, 15) is 13.2 Å². The first-order valence-electron chi connectivity index (χ1n) is 10.2. The summed E-state index contributed by atoms with van der Waals surface area (Å²) in [6.07, 6.45) is 5.36. The van der Waals surface area contributed by atoms with E-state index in [4.69, 9.17) is 5.73 Å². The molecule has 2 bridgehead atoms. The van der Waals surface area contributed by atoms with Crippen molar-refractivity contribution >= 4 is 40.1 Å². The molecule has 1 aromatic heterocycles. The van der Waals surface area contributed by atoms with Gasteiger partial charge in [0.25, 0.3) is 16.1 Å². The topological polar surface area (TPSA) is 109 Å². The summed E-state index contributed by atoms with van der Waals surface area (Å²) >= 11 is 1.36. The molecule has 1 amide bonds. The fourth-order valence-corrected chi connectivity index (χ4v) is 7.43. The van der Waals surface area contributed by atoms with Gasteiger partial charge in [-0.05, 0) is 62.5 Å². The van der Waals surface area contributed by atoms with E-state index in [2.05, 4.69) is 9.69 Å². The van der Waals surface area contributed by atoms with Crippen molar-refractivity contribution in [2.24, 2.45) is 5.73 Å². The summed E-state index contributed by atoms with van der Waals surface area (Å²) in [5.41, 5.74) is 6.40. The van der Waals surface area contributed by atoms with Crippen molar-refractivity contribution in [3.8, 4) is 0 Å². The summed E-state index contributed by atoms with van der Waals surface area (Å²) in [6, 6.07) is 1.87. The molecule has 0 unspecified atom stereocenters. The number of hydrogen-bond donors (Lipinski definition) is 2. The lowest BCUT2D eigenvalue weighted by Crippen LogP contribution is -2.57. The van der Waals surface area contributed by atoms with Crippen LogP contribution in [0.15, 0.2) is 6.07 Å². The molecule has 0 radical (unpaired) electrons. The molecule has 164 valence electrons. The predicted molar refractivity (Wildman–Crippen MR) is 116 cm³/mol. The standard InChI is InChI=1S/C18H29N5O3S2.ClH/c1-2-16-11-17(21-27-16)18(24)20-13-9-14-3-4-15(10-13)23(14)28(25,26)22-7-5-12(19)6-8-22;/h11-15H,2-10,19H2,1H3,(H,20,24);1H/t13-,14-,15+;. The van der Waals surface area contributed by atoms with Gasteiger partial charge in [0, 0.05) is 42.1 Å². The maximum absolute atomic E-state index is 13.2. The minimum atomic E-state index is -3.46. The molecule has 4 heterocycles. The number of carbonyl (C=O) groups is 1. The third-order valence-electron chi connectivity index (χ3n) is 6.23. The summed E-state index contributed by atoms with van der Waals surface area (Å²) in [5, 5.41) is 3.08. The van der Waals surface area contributed by atoms with Gasteiger partial charge in [0.1, 0.15) is 5.69 Å². The van der Waals surface area contributed by atoms with E-state index in [1.807, 2.05) is 13.0 Å². The van der Waals surface area contributed by atoms with Crippen LogP contribution < -0.4 is 11.1 Å². The number of piperidine rings is 2. The molecule has 8 nitrogen and oxygen atoms in total. The molecule has 29 heavy (non-hydrogen) atoms. The van der Waals surface area contributed by atoms with Crippen molar-refractivity contribution in [2.75, 3.05) is 13.1 Å². The van der Waals surface area contributed by atoms with E-state index in [0.29, 0.717) is 44.5 Å². The Labute approximate surface area is 183 Å². The molecule has 0 aliphatic carbocycles. The third kappa shape index (κ3) is 4.62. The van der Waals surface area contributed by atoms with E-state index < -0.39 is 10.2 Å². The van der Waals surface area contributed by atoms with Crippen molar-refractivity contribution < 1.29 is 13.2 Å². The number of nitrogens with one attached hydrogen (secondary N) is 1. The molecule has 0 saturated carbocycles. The number of halogens is 1. The van der Waals surface area contributed by atoms with Gasteiger partial charge in [-0.3, -0.25) is 4.79 Å². The number of aryl methyl sites for hydroxylation is 1. The zero-order chi connectivity index (χ0) is 19.9. The van der Waals surface area contributed by atoms with Gasteiger partial charge in [-0.2, -0.15) is 21.4 Å². The molecule has 3 aliphatic heterocycles. The number of carbonyl (C=O) groups excluding carboxylic acids is 1. The number of amides is 1. The minimum Gasteiger partial charge on any atom is -0.348 e. The first kappa shape index (κ1) is 22.9. The van der Waals surface area contributed by atoms with Crippen molar-refractivity contribution in [2.45, 2.75) is 76.0 Å². The number of aromatic nitrogens is 1. The molecule has 0 aromatic carbocycles. The quantitative estimate of drug-likeness (QED) is 0.688. The monoisotopic (exact) mass is 463 g/mol. The molecule has 3 N–H and O–H groups in total. The summed E-state index contributed by atoms with van der Waals surface area (Å²) in [7, 11) is -3.46. The molecule has 3 atom stereocenters. The van der Waals surface area contributed by atoms with E-state index in [1.54, 1.807) is 8.61 Å². The highest BCUT2D eigenvalue weighted by Crippen LogP contribution is 2.39. The van der Waals surface area contributed by atoms with Crippen LogP contribution in [0.3, 0.4) is 0 Å². The number of nitrogens with two attached hydrogens (primary N) is 1. The molecular formula is C18H30ClN5O3S2. The lowest BCUT2D eigenvalue weighted by Gasteiger charge is -2.41. The van der Waals surface area contributed by atoms with Crippen LogP contribution in [-0.2, 0) is 16.6 Å². The number of hydrogen-bond acceptors (Lipinski definition) is 6. The highest BCUT2D eigenvalue weighted by molar-refractivity contribution is 7.86. The van der Waals surface area contributed by atoms with E-state index in [-0.39, 0.29) is 42.5 Å². The summed E-state index contributed by atoms with van der Waals surface area (Å²) < 4.78 is 34.0. The second kappa shape index (κ2) is 9.15. The van der Waals surface area contributed by atoms with Crippen LogP contribution in [-0.4, -0.2) is 64.6 Å². The second-order valence-corrected chi connectivity index (χ2v) is 10.9. The largest absolute Gasteiger partial charge is 0.348 e. The normalized spacial score (nSPS) is 28.8. The van der Waals surface area contributed by atoms with Crippen molar-refractivity contribution in [3.05, 3.63) is 16.6 Å². The molecule has 3 fully saturated rings. The van der Waals surface area contributed by atoms with Gasteiger partial charge in [0.05, 0.1) is 0 Å². The van der Waals surface area contributed by atoms with Gasteiger partial charge in [-0.15, -0.1) is 12.4 Å². The summed E-state index contributed by atoms with van der Waals surface area (Å²) in [5.74, 6) is -0.151. The van der Waals surface area contributed by atoms with Crippen LogP contribution in [0.4, 0.5) is 0 Å². The molecule has 0 spiro atoms. The summed E-state index contributed by atoms with van der Waals surface area (Å²) in [4.78, 5) is 13.6. The average Bonchev–Trinajstić information content (AvgIpc) is 3.25. The van der Waals surface area contributed by atoms with Gasteiger partial charge in [-0.25, -0.2) is 0 Å². The zero-order valence-electron chi connectivity index (χ0n) is 16.6. The Morgan fingerprint density at radius 3 is 2.41 bits per heavy atom. The molecule has 1 aromatic rings. The Morgan fingerprint density at radius 1 is 1.24 bits per heavy atom. The Kier molecular flexibility index (Phi) is 7.23. The highest BCUT2D eigenvalue weighted by Gasteiger charge is 2.49. The number of rotatable bonds is 5. The predicted octanol–water partition coefficient (Wildman–Crippen LogP) is 1.52. The first-order chi connectivity index (χ1) is 13.4. The Bertz CT molecular complexity index is 811. The third-order valence-corrected chi connectivity index (χ3v) is 9.31. The maximum atomic E-state index is 13.2. The van der Waals surface area contributed by atoms with Gasteiger partial charge in [0.15, 0.2) is 0 Å².